The molecule has 2 nitrogen and oxygen atoms in total. The highest BCUT2D eigenvalue weighted by molar-refractivity contribution is 7.10. The van der Waals surface area contributed by atoms with Gasteiger partial charge in [-0.1, -0.05) is 12.1 Å². The van der Waals surface area contributed by atoms with E-state index < -0.39 is 0 Å². The third-order valence-corrected chi connectivity index (χ3v) is 4.55. The van der Waals surface area contributed by atoms with Crippen molar-refractivity contribution in [3.8, 4) is 5.75 Å². The number of methoxy groups -OCH3 is 1. The van der Waals surface area contributed by atoms with Gasteiger partial charge in [0.15, 0.2) is 0 Å². The lowest BCUT2D eigenvalue weighted by molar-refractivity contribution is 0.414. The van der Waals surface area contributed by atoms with Crippen LogP contribution in [0.25, 0.3) is 0 Å². The first-order chi connectivity index (χ1) is 8.86. The van der Waals surface area contributed by atoms with E-state index in [-0.39, 0.29) is 0 Å². The highest BCUT2D eigenvalue weighted by Crippen LogP contribution is 2.30. The van der Waals surface area contributed by atoms with Gasteiger partial charge in [0.1, 0.15) is 5.75 Å². The summed E-state index contributed by atoms with van der Waals surface area (Å²) in [5.74, 6) is 0.923. The fraction of sp³-hybridized carbons (Fsp3) is 0.333. The second-order valence-electron chi connectivity index (χ2n) is 4.62. The van der Waals surface area contributed by atoms with E-state index in [9.17, 15) is 0 Å². The topological polar surface area (TPSA) is 21.3 Å². The maximum atomic E-state index is 5.19. The fourth-order valence-corrected chi connectivity index (χ4v) is 3.53. The van der Waals surface area contributed by atoms with E-state index in [1.165, 1.54) is 16.0 Å². The number of rotatable bonds is 3. The molecule has 0 amide bonds. The molecule has 1 N–H and O–H groups in total. The largest absolute Gasteiger partial charge is 0.497 e. The minimum atomic E-state index is 0.474. The molecule has 0 saturated heterocycles. The fourth-order valence-electron chi connectivity index (χ4n) is 2.50. The number of hydrogen-bond donors (Lipinski definition) is 1. The molecule has 18 heavy (non-hydrogen) atoms. The van der Waals surface area contributed by atoms with Crippen LogP contribution in [0.1, 0.15) is 22.0 Å². The molecule has 2 heterocycles. The molecule has 0 saturated carbocycles. The number of thiophene rings is 1. The van der Waals surface area contributed by atoms with Crippen molar-refractivity contribution in [1.82, 2.24) is 5.32 Å². The van der Waals surface area contributed by atoms with E-state index in [0.29, 0.717) is 6.04 Å². The Morgan fingerprint density at radius 1 is 1.28 bits per heavy atom. The van der Waals surface area contributed by atoms with Crippen LogP contribution >= 0.6 is 11.3 Å². The minimum absolute atomic E-state index is 0.474. The van der Waals surface area contributed by atoms with E-state index >= 15 is 0 Å². The predicted octanol–water partition coefficient (Wildman–Crippen LogP) is 3.19. The lowest BCUT2D eigenvalue weighted by Gasteiger charge is -2.24. The Bertz CT molecular complexity index is 518. The monoisotopic (exact) mass is 259 g/mol. The van der Waals surface area contributed by atoms with E-state index in [2.05, 4.69) is 28.9 Å². The van der Waals surface area contributed by atoms with E-state index in [4.69, 9.17) is 4.74 Å². The molecule has 0 radical (unpaired) electrons. The lowest BCUT2D eigenvalue weighted by atomic mass is 9.98. The van der Waals surface area contributed by atoms with Crippen molar-refractivity contribution < 1.29 is 4.74 Å². The van der Waals surface area contributed by atoms with Gasteiger partial charge in [0, 0.05) is 10.9 Å². The maximum absolute atomic E-state index is 5.19. The summed E-state index contributed by atoms with van der Waals surface area (Å²) in [7, 11) is 1.70. The molecule has 94 valence electrons. The van der Waals surface area contributed by atoms with Crippen LogP contribution in [0.2, 0.25) is 0 Å². The van der Waals surface area contributed by atoms with Gasteiger partial charge in [-0.15, -0.1) is 11.3 Å². The van der Waals surface area contributed by atoms with Crippen molar-refractivity contribution >= 4 is 11.3 Å². The van der Waals surface area contributed by atoms with Crippen LogP contribution in [-0.2, 0) is 12.8 Å². The molecule has 1 aromatic heterocycles. The quantitative estimate of drug-likeness (QED) is 0.914. The Morgan fingerprint density at radius 3 is 2.89 bits per heavy atom. The van der Waals surface area contributed by atoms with Crippen molar-refractivity contribution in [3.05, 3.63) is 51.7 Å². The summed E-state index contributed by atoms with van der Waals surface area (Å²) in [6, 6.07) is 11.1. The summed E-state index contributed by atoms with van der Waals surface area (Å²) in [6.07, 6.45) is 2.22. The first-order valence-electron chi connectivity index (χ1n) is 6.29. The normalized spacial score (nSPS) is 18.4. The molecular weight excluding hydrogens is 242 g/mol. The van der Waals surface area contributed by atoms with Crippen LogP contribution in [0.5, 0.6) is 5.75 Å². The van der Waals surface area contributed by atoms with Crippen molar-refractivity contribution in [2.24, 2.45) is 0 Å². The maximum Gasteiger partial charge on any atom is 0.118 e. The summed E-state index contributed by atoms with van der Waals surface area (Å²) in [4.78, 5) is 1.51. The average molecular weight is 259 g/mol. The molecule has 1 aliphatic heterocycles. The van der Waals surface area contributed by atoms with Crippen LogP contribution in [0, 0.1) is 0 Å². The van der Waals surface area contributed by atoms with Crippen LogP contribution < -0.4 is 10.1 Å². The summed E-state index contributed by atoms with van der Waals surface area (Å²) < 4.78 is 5.19. The molecule has 0 unspecified atom stereocenters. The van der Waals surface area contributed by atoms with Crippen molar-refractivity contribution in [2.45, 2.75) is 18.9 Å². The van der Waals surface area contributed by atoms with E-state index in [0.717, 1.165) is 25.1 Å². The third kappa shape index (κ3) is 2.28. The van der Waals surface area contributed by atoms with Gasteiger partial charge in [0.2, 0.25) is 0 Å². The number of hydrogen-bond acceptors (Lipinski definition) is 3. The second-order valence-corrected chi connectivity index (χ2v) is 5.57. The summed E-state index contributed by atoms with van der Waals surface area (Å²) in [5.41, 5.74) is 2.88. The van der Waals surface area contributed by atoms with Crippen molar-refractivity contribution in [1.29, 1.82) is 0 Å². The molecule has 1 atom stereocenters. The van der Waals surface area contributed by atoms with E-state index in [1.54, 1.807) is 7.11 Å². The molecule has 0 spiro atoms. The van der Waals surface area contributed by atoms with Crippen LogP contribution in [-0.4, -0.2) is 13.7 Å². The van der Waals surface area contributed by atoms with E-state index in [1.807, 2.05) is 23.5 Å². The molecule has 1 aliphatic rings. The van der Waals surface area contributed by atoms with Crippen molar-refractivity contribution in [2.75, 3.05) is 13.7 Å². The zero-order valence-corrected chi connectivity index (χ0v) is 11.3. The molecule has 2 aromatic rings. The standard InChI is InChI=1S/C15H17NOS/c1-17-13-4-2-11(3-5-13)10-14-15-12(6-8-16-14)7-9-18-15/h2-5,7,9,14,16H,6,8,10H2,1H3/t14-/m1/s1. The highest BCUT2D eigenvalue weighted by atomic mass is 32.1. The number of benzene rings is 1. The highest BCUT2D eigenvalue weighted by Gasteiger charge is 2.20. The number of fused-ring (bicyclic) bond motifs is 1. The van der Waals surface area contributed by atoms with Gasteiger partial charge in [0.25, 0.3) is 0 Å². The second kappa shape index (κ2) is 5.12. The van der Waals surface area contributed by atoms with Gasteiger partial charge in [-0.2, -0.15) is 0 Å². The van der Waals surface area contributed by atoms with Gasteiger partial charge < -0.3 is 10.1 Å². The SMILES string of the molecule is COc1ccc(C[C@H]2NCCc3ccsc32)cc1. The minimum Gasteiger partial charge on any atom is -0.497 e. The first-order valence-corrected chi connectivity index (χ1v) is 7.17. The predicted molar refractivity (Wildman–Crippen MR) is 75.5 cm³/mol. The Morgan fingerprint density at radius 2 is 2.11 bits per heavy atom. The molecule has 0 bridgehead atoms. The Labute approximate surface area is 112 Å². The molecular formula is C15H17NOS. The molecule has 0 aliphatic carbocycles. The van der Waals surface area contributed by atoms with Gasteiger partial charge >= 0.3 is 0 Å². The lowest BCUT2D eigenvalue weighted by Crippen LogP contribution is -2.29. The van der Waals surface area contributed by atoms with Crippen LogP contribution in [0.4, 0.5) is 0 Å². The van der Waals surface area contributed by atoms with Gasteiger partial charge in [0.05, 0.1) is 7.11 Å². The zero-order valence-electron chi connectivity index (χ0n) is 10.5. The van der Waals surface area contributed by atoms with Crippen molar-refractivity contribution in [3.63, 3.8) is 0 Å². The van der Waals surface area contributed by atoms with Crippen LogP contribution in [0.15, 0.2) is 35.7 Å². The smallest absolute Gasteiger partial charge is 0.118 e. The first kappa shape index (κ1) is 11.8. The number of nitrogens with one attached hydrogen (secondary N) is 1. The summed E-state index contributed by atoms with van der Waals surface area (Å²) >= 11 is 1.87. The Kier molecular flexibility index (Phi) is 3.35. The summed E-state index contributed by atoms with van der Waals surface area (Å²) in [6.45, 7) is 1.09. The molecule has 3 heteroatoms. The molecule has 0 fully saturated rings. The molecule has 1 aromatic carbocycles. The molecule has 3 rings (SSSR count). The van der Waals surface area contributed by atoms with Crippen LogP contribution in [0.3, 0.4) is 0 Å². The summed E-state index contributed by atoms with van der Waals surface area (Å²) in [5, 5.41) is 5.82. The van der Waals surface area contributed by atoms with Gasteiger partial charge in [-0.05, 0) is 54.1 Å². The average Bonchev–Trinajstić information content (AvgIpc) is 2.89. The third-order valence-electron chi connectivity index (χ3n) is 3.48. The van der Waals surface area contributed by atoms with Gasteiger partial charge in [-0.3, -0.25) is 0 Å². The Hall–Kier alpha value is -1.32. The number of ether oxygens (including phenoxy) is 1. The zero-order chi connectivity index (χ0) is 12.4. The van der Waals surface area contributed by atoms with Gasteiger partial charge in [-0.25, -0.2) is 0 Å². The Balaban J connectivity index is 1.77.